The lowest BCUT2D eigenvalue weighted by atomic mass is 9.92. The number of nitrogens with zero attached hydrogens (tertiary/aromatic N) is 5. The van der Waals surface area contributed by atoms with Gasteiger partial charge in [0.2, 0.25) is 11.9 Å². The average Bonchev–Trinajstić information content (AvgIpc) is 3.35. The molecule has 156 valence electrons. The Morgan fingerprint density at radius 3 is 2.38 bits per heavy atom. The van der Waals surface area contributed by atoms with Gasteiger partial charge < -0.3 is 9.80 Å². The van der Waals surface area contributed by atoms with E-state index in [0.29, 0.717) is 17.6 Å². The van der Waals surface area contributed by atoms with Crippen molar-refractivity contribution in [1.82, 2.24) is 19.7 Å². The van der Waals surface area contributed by atoms with Gasteiger partial charge in [-0.1, -0.05) is 43.3 Å². The molecule has 4 rings (SSSR count). The van der Waals surface area contributed by atoms with Crippen LogP contribution in [0.15, 0.2) is 29.4 Å². The van der Waals surface area contributed by atoms with Gasteiger partial charge in [-0.3, -0.25) is 9.36 Å². The lowest BCUT2D eigenvalue weighted by Gasteiger charge is -2.35. The van der Waals surface area contributed by atoms with Crippen LogP contribution < -0.4 is 4.90 Å². The maximum Gasteiger partial charge on any atom is 0.233 e. The summed E-state index contributed by atoms with van der Waals surface area (Å²) in [7, 11) is 0. The zero-order valence-corrected chi connectivity index (χ0v) is 18.5. The van der Waals surface area contributed by atoms with E-state index < -0.39 is 0 Å². The summed E-state index contributed by atoms with van der Waals surface area (Å²) in [6.07, 6.45) is 3.58. The van der Waals surface area contributed by atoms with E-state index in [2.05, 4.69) is 64.7 Å². The highest BCUT2D eigenvalue weighted by molar-refractivity contribution is 7.99. The summed E-state index contributed by atoms with van der Waals surface area (Å²) in [6.45, 7) is 10.3. The van der Waals surface area contributed by atoms with E-state index in [0.717, 1.165) is 43.0 Å². The fourth-order valence-electron chi connectivity index (χ4n) is 4.48. The molecule has 0 spiro atoms. The van der Waals surface area contributed by atoms with Gasteiger partial charge in [0.15, 0.2) is 5.16 Å². The highest BCUT2D eigenvalue weighted by Gasteiger charge is 2.27. The Bertz CT molecular complexity index is 833. The number of carbonyl (C=O) groups is 1. The highest BCUT2D eigenvalue weighted by Crippen LogP contribution is 2.29. The molecule has 3 heterocycles. The Balaban J connectivity index is 1.54. The molecule has 0 N–H and O–H groups in total. The van der Waals surface area contributed by atoms with Crippen molar-refractivity contribution in [3.05, 3.63) is 29.8 Å². The number of piperidine rings is 1. The maximum absolute atomic E-state index is 12.9. The van der Waals surface area contributed by atoms with Crippen molar-refractivity contribution in [2.45, 2.75) is 45.2 Å². The second-order valence-electron chi connectivity index (χ2n) is 8.68. The minimum atomic E-state index is 0.203. The average molecular weight is 414 g/mol. The molecule has 29 heavy (non-hydrogen) atoms. The van der Waals surface area contributed by atoms with Crippen LogP contribution in [0.1, 0.15) is 38.7 Å². The number of carbonyl (C=O) groups excluding carboxylic acids is 1. The molecule has 2 aliphatic heterocycles. The lowest BCUT2D eigenvalue weighted by molar-refractivity contribution is -0.130. The quantitative estimate of drug-likeness (QED) is 0.699. The van der Waals surface area contributed by atoms with Crippen LogP contribution in [0.25, 0.3) is 5.69 Å². The third-order valence-corrected chi connectivity index (χ3v) is 6.76. The van der Waals surface area contributed by atoms with Gasteiger partial charge in [0.1, 0.15) is 0 Å². The van der Waals surface area contributed by atoms with Crippen molar-refractivity contribution in [3.8, 4) is 5.69 Å². The molecule has 0 bridgehead atoms. The Kier molecular flexibility index (Phi) is 6.13. The van der Waals surface area contributed by atoms with E-state index in [1.54, 1.807) is 0 Å². The zero-order valence-electron chi connectivity index (χ0n) is 17.7. The number of aromatic nitrogens is 3. The van der Waals surface area contributed by atoms with Gasteiger partial charge in [0.05, 0.1) is 11.4 Å². The van der Waals surface area contributed by atoms with Crippen LogP contribution in [0.5, 0.6) is 0 Å². The number of likely N-dealkylation sites (tertiary alicyclic amines) is 1. The summed E-state index contributed by atoms with van der Waals surface area (Å²) < 4.78 is 2.12. The number of amides is 1. The summed E-state index contributed by atoms with van der Waals surface area (Å²) in [5.41, 5.74) is 2.28. The zero-order chi connectivity index (χ0) is 20.4. The predicted octanol–water partition coefficient (Wildman–Crippen LogP) is 3.77. The number of hydrogen-bond donors (Lipinski definition) is 0. The molecule has 2 fully saturated rings. The molecule has 2 atom stereocenters. The number of hydrogen-bond acceptors (Lipinski definition) is 5. The van der Waals surface area contributed by atoms with Crippen LogP contribution in [-0.4, -0.2) is 57.5 Å². The maximum atomic E-state index is 12.9. The standard InChI is InChI=1S/C22H31N5OS/c1-16-6-8-19(9-7-16)27-21(25-10-4-5-11-25)23-24-22(27)29-15-20(28)26-13-17(2)12-18(3)14-26/h6-9,17-18H,4-5,10-15H2,1-3H3/t17-,18-/m0/s1. The summed E-state index contributed by atoms with van der Waals surface area (Å²) in [4.78, 5) is 17.2. The van der Waals surface area contributed by atoms with Crippen LogP contribution >= 0.6 is 11.8 Å². The van der Waals surface area contributed by atoms with E-state index in [1.165, 1.54) is 36.6 Å². The minimum Gasteiger partial charge on any atom is -0.341 e. The number of thioether (sulfide) groups is 1. The lowest BCUT2D eigenvalue weighted by Crippen LogP contribution is -2.43. The molecule has 1 aromatic heterocycles. The van der Waals surface area contributed by atoms with Crippen molar-refractivity contribution in [1.29, 1.82) is 0 Å². The first-order chi connectivity index (χ1) is 14.0. The van der Waals surface area contributed by atoms with E-state index >= 15 is 0 Å². The molecule has 0 saturated carbocycles. The second-order valence-corrected chi connectivity index (χ2v) is 9.62. The summed E-state index contributed by atoms with van der Waals surface area (Å²) >= 11 is 1.50. The molecule has 2 aliphatic rings. The van der Waals surface area contributed by atoms with Crippen LogP contribution in [0.3, 0.4) is 0 Å². The van der Waals surface area contributed by atoms with Crippen molar-refractivity contribution in [3.63, 3.8) is 0 Å². The van der Waals surface area contributed by atoms with Gasteiger partial charge in [-0.15, -0.1) is 10.2 Å². The largest absolute Gasteiger partial charge is 0.341 e. The van der Waals surface area contributed by atoms with E-state index in [-0.39, 0.29) is 5.91 Å². The Morgan fingerprint density at radius 2 is 1.72 bits per heavy atom. The van der Waals surface area contributed by atoms with Crippen molar-refractivity contribution < 1.29 is 4.79 Å². The van der Waals surface area contributed by atoms with Crippen LogP contribution in [0, 0.1) is 18.8 Å². The monoisotopic (exact) mass is 413 g/mol. The molecule has 2 saturated heterocycles. The van der Waals surface area contributed by atoms with E-state index in [9.17, 15) is 4.79 Å². The fraction of sp³-hybridized carbons (Fsp3) is 0.591. The summed E-state index contributed by atoms with van der Waals surface area (Å²) in [6, 6.07) is 8.44. The summed E-state index contributed by atoms with van der Waals surface area (Å²) in [5.74, 6) is 2.65. The van der Waals surface area contributed by atoms with E-state index in [4.69, 9.17) is 0 Å². The molecular formula is C22H31N5OS. The topological polar surface area (TPSA) is 54.3 Å². The van der Waals surface area contributed by atoms with Crippen molar-refractivity contribution in [2.75, 3.05) is 36.8 Å². The minimum absolute atomic E-state index is 0.203. The molecule has 6 nitrogen and oxygen atoms in total. The number of benzene rings is 1. The van der Waals surface area contributed by atoms with Crippen LogP contribution in [0.4, 0.5) is 5.95 Å². The molecule has 0 radical (unpaired) electrons. The second kappa shape index (κ2) is 8.78. The van der Waals surface area contributed by atoms with Gasteiger partial charge in [-0.05, 0) is 50.2 Å². The van der Waals surface area contributed by atoms with Gasteiger partial charge >= 0.3 is 0 Å². The molecule has 1 aromatic carbocycles. The van der Waals surface area contributed by atoms with Gasteiger partial charge in [-0.25, -0.2) is 0 Å². The first-order valence-corrected chi connectivity index (χ1v) is 11.7. The Morgan fingerprint density at radius 1 is 1.07 bits per heavy atom. The summed E-state index contributed by atoms with van der Waals surface area (Å²) in [5, 5.41) is 9.77. The van der Waals surface area contributed by atoms with Crippen molar-refractivity contribution >= 4 is 23.6 Å². The molecular weight excluding hydrogens is 382 g/mol. The number of anilines is 1. The van der Waals surface area contributed by atoms with Crippen LogP contribution in [0.2, 0.25) is 0 Å². The SMILES string of the molecule is Cc1ccc(-n2c(SCC(=O)N3C[C@@H](C)C[C@H](C)C3)nnc2N2CCCC2)cc1. The smallest absolute Gasteiger partial charge is 0.233 e. The first-order valence-electron chi connectivity index (χ1n) is 10.7. The van der Waals surface area contributed by atoms with Crippen molar-refractivity contribution in [2.24, 2.45) is 11.8 Å². The van der Waals surface area contributed by atoms with Crippen LogP contribution in [-0.2, 0) is 4.79 Å². The van der Waals surface area contributed by atoms with E-state index in [1.807, 2.05) is 4.90 Å². The first kappa shape index (κ1) is 20.3. The third kappa shape index (κ3) is 4.60. The normalized spacial score (nSPS) is 22.3. The highest BCUT2D eigenvalue weighted by atomic mass is 32.2. The Hall–Kier alpha value is -2.02. The fourth-order valence-corrected chi connectivity index (χ4v) is 5.33. The molecule has 2 aromatic rings. The molecule has 0 aliphatic carbocycles. The number of aryl methyl sites for hydroxylation is 1. The van der Waals surface area contributed by atoms with Gasteiger partial charge in [0.25, 0.3) is 0 Å². The number of rotatable bonds is 5. The molecule has 7 heteroatoms. The predicted molar refractivity (Wildman–Crippen MR) is 118 cm³/mol. The molecule has 1 amide bonds. The van der Waals surface area contributed by atoms with Gasteiger partial charge in [0, 0.05) is 26.2 Å². The molecule has 0 unspecified atom stereocenters. The van der Waals surface area contributed by atoms with Gasteiger partial charge in [-0.2, -0.15) is 0 Å². The third-order valence-electron chi connectivity index (χ3n) is 5.84. The Labute approximate surface area is 177 Å².